The number of benzene rings is 1. The van der Waals surface area contributed by atoms with Crippen LogP contribution >= 0.6 is 23.2 Å². The summed E-state index contributed by atoms with van der Waals surface area (Å²) in [6.07, 6.45) is 3.50. The average molecular weight is 332 g/mol. The van der Waals surface area contributed by atoms with Crippen LogP contribution in [-0.4, -0.2) is 25.4 Å². The number of halogens is 2. The van der Waals surface area contributed by atoms with E-state index < -0.39 is 0 Å². The Kier molecular flexibility index (Phi) is 6.62. The molecule has 1 aliphatic rings. The topological polar surface area (TPSA) is 30.5 Å². The SMILES string of the molecule is CC(C)NCc1cc(Cl)cc(Cl)c1OCCC1CCCO1. The third-order valence-electron chi connectivity index (χ3n) is 3.50. The van der Waals surface area contributed by atoms with Crippen LogP contribution in [0, 0.1) is 0 Å². The molecule has 5 heteroatoms. The zero-order chi connectivity index (χ0) is 15.2. The van der Waals surface area contributed by atoms with E-state index in [0.717, 1.165) is 37.2 Å². The van der Waals surface area contributed by atoms with Gasteiger partial charge in [-0.05, 0) is 25.0 Å². The minimum atomic E-state index is 0.327. The lowest BCUT2D eigenvalue weighted by Gasteiger charge is -2.17. The van der Waals surface area contributed by atoms with Gasteiger partial charge in [-0.3, -0.25) is 0 Å². The van der Waals surface area contributed by atoms with Crippen molar-refractivity contribution in [3.8, 4) is 5.75 Å². The maximum Gasteiger partial charge on any atom is 0.142 e. The van der Waals surface area contributed by atoms with Gasteiger partial charge in [-0.25, -0.2) is 0 Å². The molecule has 0 bridgehead atoms. The largest absolute Gasteiger partial charge is 0.492 e. The monoisotopic (exact) mass is 331 g/mol. The molecule has 2 rings (SSSR count). The minimum absolute atomic E-state index is 0.327. The number of rotatable bonds is 7. The van der Waals surface area contributed by atoms with Gasteiger partial charge < -0.3 is 14.8 Å². The van der Waals surface area contributed by atoms with Crippen molar-refractivity contribution in [3.05, 3.63) is 27.7 Å². The van der Waals surface area contributed by atoms with Crippen molar-refractivity contribution >= 4 is 23.2 Å². The van der Waals surface area contributed by atoms with Gasteiger partial charge in [0.2, 0.25) is 0 Å². The van der Waals surface area contributed by atoms with Gasteiger partial charge in [0.25, 0.3) is 0 Å². The third-order valence-corrected chi connectivity index (χ3v) is 4.00. The van der Waals surface area contributed by atoms with Crippen molar-refractivity contribution in [3.63, 3.8) is 0 Å². The van der Waals surface area contributed by atoms with Gasteiger partial charge in [-0.15, -0.1) is 0 Å². The van der Waals surface area contributed by atoms with Gasteiger partial charge >= 0.3 is 0 Å². The summed E-state index contributed by atoms with van der Waals surface area (Å²) in [5.41, 5.74) is 0.994. The van der Waals surface area contributed by atoms with E-state index in [2.05, 4.69) is 19.2 Å². The maximum atomic E-state index is 6.28. The lowest BCUT2D eigenvalue weighted by Crippen LogP contribution is -2.22. The van der Waals surface area contributed by atoms with Crippen LogP contribution in [0.15, 0.2) is 12.1 Å². The Morgan fingerprint density at radius 1 is 1.38 bits per heavy atom. The fourth-order valence-corrected chi connectivity index (χ4v) is 2.98. The molecule has 0 aromatic heterocycles. The van der Waals surface area contributed by atoms with Crippen LogP contribution in [0.5, 0.6) is 5.75 Å². The summed E-state index contributed by atoms with van der Waals surface area (Å²) in [5.74, 6) is 0.729. The highest BCUT2D eigenvalue weighted by Gasteiger charge is 2.16. The molecule has 1 N–H and O–H groups in total. The Morgan fingerprint density at radius 3 is 2.86 bits per heavy atom. The zero-order valence-electron chi connectivity index (χ0n) is 12.6. The van der Waals surface area contributed by atoms with E-state index in [1.807, 2.05) is 6.07 Å². The number of ether oxygens (including phenoxy) is 2. The quantitative estimate of drug-likeness (QED) is 0.801. The van der Waals surface area contributed by atoms with Crippen LogP contribution in [0.3, 0.4) is 0 Å². The molecule has 1 aromatic rings. The first-order chi connectivity index (χ1) is 10.1. The van der Waals surface area contributed by atoms with E-state index in [1.54, 1.807) is 6.07 Å². The predicted molar refractivity (Wildman–Crippen MR) is 87.5 cm³/mol. The Hall–Kier alpha value is -0.480. The Morgan fingerprint density at radius 2 is 2.19 bits per heavy atom. The fourth-order valence-electron chi connectivity index (χ4n) is 2.39. The molecule has 118 valence electrons. The average Bonchev–Trinajstić information content (AvgIpc) is 2.92. The molecule has 1 atom stereocenters. The Bertz CT molecular complexity index is 460. The highest BCUT2D eigenvalue weighted by Crippen LogP contribution is 2.33. The van der Waals surface area contributed by atoms with E-state index >= 15 is 0 Å². The molecule has 1 unspecified atom stereocenters. The summed E-state index contributed by atoms with van der Waals surface area (Å²) in [6, 6.07) is 4.02. The van der Waals surface area contributed by atoms with Crippen LogP contribution < -0.4 is 10.1 Å². The molecule has 0 spiro atoms. The molecule has 1 heterocycles. The van der Waals surface area contributed by atoms with Crippen LogP contribution in [-0.2, 0) is 11.3 Å². The molecule has 0 saturated carbocycles. The van der Waals surface area contributed by atoms with E-state index in [4.69, 9.17) is 32.7 Å². The standard InChI is InChI=1S/C16H23Cl2NO2/c1-11(2)19-10-12-8-13(17)9-15(18)16(12)21-7-5-14-4-3-6-20-14/h8-9,11,14,19H,3-7,10H2,1-2H3. The van der Waals surface area contributed by atoms with Gasteiger partial charge in [0.1, 0.15) is 5.75 Å². The second kappa shape index (κ2) is 8.23. The van der Waals surface area contributed by atoms with Crippen molar-refractivity contribution in [2.24, 2.45) is 0 Å². The molecular weight excluding hydrogens is 309 g/mol. The summed E-state index contributed by atoms with van der Waals surface area (Å²) in [7, 11) is 0. The molecular formula is C16H23Cl2NO2. The van der Waals surface area contributed by atoms with Crippen molar-refractivity contribution in [1.82, 2.24) is 5.32 Å². The van der Waals surface area contributed by atoms with E-state index in [9.17, 15) is 0 Å². The fraction of sp³-hybridized carbons (Fsp3) is 0.625. The Labute approximate surface area is 136 Å². The van der Waals surface area contributed by atoms with Crippen LogP contribution in [0.1, 0.15) is 38.7 Å². The first-order valence-corrected chi connectivity index (χ1v) is 8.27. The molecule has 3 nitrogen and oxygen atoms in total. The lowest BCUT2D eigenvalue weighted by atomic mass is 10.1. The highest BCUT2D eigenvalue weighted by molar-refractivity contribution is 6.35. The first kappa shape index (κ1) is 16.9. The smallest absolute Gasteiger partial charge is 0.142 e. The van der Waals surface area contributed by atoms with E-state index in [0.29, 0.717) is 35.3 Å². The van der Waals surface area contributed by atoms with Gasteiger partial charge in [-0.2, -0.15) is 0 Å². The van der Waals surface area contributed by atoms with Crippen LogP contribution in [0.4, 0.5) is 0 Å². The predicted octanol–water partition coefficient (Wildman–Crippen LogP) is 4.44. The van der Waals surface area contributed by atoms with Gasteiger partial charge in [-0.1, -0.05) is 37.0 Å². The molecule has 0 amide bonds. The maximum absolute atomic E-state index is 6.28. The second-order valence-corrected chi connectivity index (χ2v) is 6.53. The molecule has 1 aromatic carbocycles. The van der Waals surface area contributed by atoms with Gasteiger partial charge in [0.15, 0.2) is 0 Å². The van der Waals surface area contributed by atoms with E-state index in [-0.39, 0.29) is 0 Å². The molecule has 1 aliphatic heterocycles. The minimum Gasteiger partial charge on any atom is -0.492 e. The van der Waals surface area contributed by atoms with E-state index in [1.165, 1.54) is 0 Å². The normalized spacial score (nSPS) is 18.4. The molecule has 21 heavy (non-hydrogen) atoms. The summed E-state index contributed by atoms with van der Waals surface area (Å²) >= 11 is 12.4. The van der Waals surface area contributed by atoms with Crippen molar-refractivity contribution in [1.29, 1.82) is 0 Å². The van der Waals surface area contributed by atoms with Crippen molar-refractivity contribution in [2.45, 2.75) is 51.8 Å². The molecule has 1 fully saturated rings. The Balaban J connectivity index is 1.98. The van der Waals surface area contributed by atoms with Crippen molar-refractivity contribution in [2.75, 3.05) is 13.2 Å². The summed E-state index contributed by atoms with van der Waals surface area (Å²) in [4.78, 5) is 0. The summed E-state index contributed by atoms with van der Waals surface area (Å²) < 4.78 is 11.5. The number of hydrogen-bond acceptors (Lipinski definition) is 3. The number of nitrogens with one attached hydrogen (secondary N) is 1. The lowest BCUT2D eigenvalue weighted by molar-refractivity contribution is 0.0902. The molecule has 1 saturated heterocycles. The van der Waals surface area contributed by atoms with Crippen LogP contribution in [0.25, 0.3) is 0 Å². The molecule has 0 radical (unpaired) electrons. The first-order valence-electron chi connectivity index (χ1n) is 7.52. The van der Waals surface area contributed by atoms with Gasteiger partial charge in [0, 0.05) is 36.2 Å². The molecule has 0 aliphatic carbocycles. The van der Waals surface area contributed by atoms with Gasteiger partial charge in [0.05, 0.1) is 17.7 Å². The highest BCUT2D eigenvalue weighted by atomic mass is 35.5. The summed E-state index contributed by atoms with van der Waals surface area (Å²) in [5, 5.41) is 4.56. The summed E-state index contributed by atoms with van der Waals surface area (Å²) in [6.45, 7) is 6.37. The third kappa shape index (κ3) is 5.33. The van der Waals surface area contributed by atoms with Crippen LogP contribution in [0.2, 0.25) is 10.0 Å². The number of hydrogen-bond donors (Lipinski definition) is 1. The van der Waals surface area contributed by atoms with Crippen molar-refractivity contribution < 1.29 is 9.47 Å². The zero-order valence-corrected chi connectivity index (χ0v) is 14.1. The second-order valence-electron chi connectivity index (χ2n) is 5.68.